The molecule has 1 aromatic rings. The van der Waals surface area contributed by atoms with E-state index in [4.69, 9.17) is 9.57 Å². The lowest BCUT2D eigenvalue weighted by atomic mass is 10.0. The van der Waals surface area contributed by atoms with Crippen LogP contribution in [-0.2, 0) is 19.4 Å². The van der Waals surface area contributed by atoms with Crippen LogP contribution in [0.15, 0.2) is 40.5 Å². The minimum atomic E-state index is -3.51. The highest BCUT2D eigenvalue weighted by Crippen LogP contribution is 2.32. The van der Waals surface area contributed by atoms with Crippen molar-refractivity contribution in [3.05, 3.63) is 41.2 Å². The Bertz CT molecular complexity index is 713. The Kier molecular flexibility index (Phi) is 4.52. The first-order chi connectivity index (χ1) is 9.77. The molecule has 2 rings (SSSR count). The third-order valence-corrected chi connectivity index (χ3v) is 4.71. The summed E-state index contributed by atoms with van der Waals surface area (Å²) < 4.78 is 30.1. The van der Waals surface area contributed by atoms with Crippen LogP contribution in [0.2, 0.25) is 0 Å². The number of carbonyl (C=O) groups excluding carboxylic acids is 1. The van der Waals surface area contributed by atoms with Gasteiger partial charge in [-0.15, -0.1) is 0 Å². The Balaban J connectivity index is 2.54. The number of methoxy groups -OCH3 is 1. The van der Waals surface area contributed by atoms with E-state index in [0.29, 0.717) is 5.76 Å². The summed E-state index contributed by atoms with van der Waals surface area (Å²) in [5, 5.41) is 0. The molecule has 0 spiro atoms. The van der Waals surface area contributed by atoms with Crippen LogP contribution in [0.4, 0.5) is 0 Å². The molecule has 0 aromatic heterocycles. The van der Waals surface area contributed by atoms with E-state index >= 15 is 0 Å². The summed E-state index contributed by atoms with van der Waals surface area (Å²) in [6.45, 7) is 1.61. The molecule has 0 saturated heterocycles. The number of carbonyl (C=O) groups is 1. The Labute approximate surface area is 131 Å². The Morgan fingerprint density at radius 1 is 1.38 bits per heavy atom. The first kappa shape index (κ1) is 16.2. The molecule has 1 aliphatic heterocycles. The second-order valence-corrected chi connectivity index (χ2v) is 7.20. The molecule has 6 nitrogen and oxygen atoms in total. The summed E-state index contributed by atoms with van der Waals surface area (Å²) in [6.07, 6.45) is 0.320. The lowest BCUT2D eigenvalue weighted by Gasteiger charge is -2.16. The molecule has 0 fully saturated rings. The standard InChI is InChI=1S/C13H14BrNO5S/c1-8-11(13(19-2)15(14)20-8)12(16)9-6-4-5-7-10(9)21(3,17)18/h4-7,13H,1-3H3. The summed E-state index contributed by atoms with van der Waals surface area (Å²) in [6, 6.07) is 6.07. The van der Waals surface area contributed by atoms with Crippen LogP contribution < -0.4 is 0 Å². The fraction of sp³-hybridized carbons (Fsp3) is 0.308. The maximum Gasteiger partial charge on any atom is 0.197 e. The van der Waals surface area contributed by atoms with Gasteiger partial charge in [0.05, 0.1) is 26.6 Å². The third kappa shape index (κ3) is 3.03. The number of ketones is 1. The largest absolute Gasteiger partial charge is 0.396 e. The van der Waals surface area contributed by atoms with Crippen LogP contribution in [0.3, 0.4) is 0 Å². The lowest BCUT2D eigenvalue weighted by Crippen LogP contribution is -2.27. The number of hydroxylamine groups is 1. The summed E-state index contributed by atoms with van der Waals surface area (Å²) >= 11 is 3.12. The van der Waals surface area contributed by atoms with E-state index in [0.717, 1.165) is 6.26 Å². The van der Waals surface area contributed by atoms with Crippen molar-refractivity contribution in [1.82, 2.24) is 4.09 Å². The molecule has 0 saturated carbocycles. The molecular formula is C13H14BrNO5S. The van der Waals surface area contributed by atoms with Gasteiger partial charge in [0, 0.05) is 18.9 Å². The van der Waals surface area contributed by atoms with Crippen molar-refractivity contribution in [1.29, 1.82) is 0 Å². The van der Waals surface area contributed by atoms with E-state index < -0.39 is 21.8 Å². The van der Waals surface area contributed by atoms with Crippen LogP contribution in [-0.4, -0.2) is 37.9 Å². The van der Waals surface area contributed by atoms with Gasteiger partial charge in [-0.1, -0.05) is 12.1 Å². The number of nitrogens with zero attached hydrogens (tertiary/aromatic N) is 1. The molecule has 1 aliphatic rings. The van der Waals surface area contributed by atoms with Gasteiger partial charge in [0.2, 0.25) is 0 Å². The normalized spacial score (nSPS) is 19.7. The highest BCUT2D eigenvalue weighted by Gasteiger charge is 2.38. The van der Waals surface area contributed by atoms with Gasteiger partial charge >= 0.3 is 0 Å². The van der Waals surface area contributed by atoms with Gasteiger partial charge in [0.15, 0.2) is 21.8 Å². The molecule has 0 amide bonds. The zero-order valence-electron chi connectivity index (χ0n) is 11.7. The van der Waals surface area contributed by atoms with Crippen LogP contribution in [0.5, 0.6) is 0 Å². The van der Waals surface area contributed by atoms with Gasteiger partial charge in [0.1, 0.15) is 5.76 Å². The van der Waals surface area contributed by atoms with E-state index in [-0.39, 0.29) is 16.0 Å². The molecular weight excluding hydrogens is 362 g/mol. The van der Waals surface area contributed by atoms with E-state index in [1.807, 2.05) is 0 Å². The van der Waals surface area contributed by atoms with Gasteiger partial charge in [-0.25, -0.2) is 8.42 Å². The minimum absolute atomic E-state index is 0.0156. The number of sulfone groups is 1. The quantitative estimate of drug-likeness (QED) is 0.592. The fourth-order valence-corrected chi connectivity index (χ4v) is 3.57. The predicted molar refractivity (Wildman–Crippen MR) is 79.2 cm³/mol. The van der Waals surface area contributed by atoms with Gasteiger partial charge in [-0.2, -0.15) is 0 Å². The molecule has 1 aromatic carbocycles. The molecule has 1 heterocycles. The van der Waals surface area contributed by atoms with E-state index in [9.17, 15) is 13.2 Å². The Morgan fingerprint density at radius 2 is 2.00 bits per heavy atom. The Morgan fingerprint density at radius 3 is 2.57 bits per heavy atom. The van der Waals surface area contributed by atoms with E-state index in [2.05, 4.69) is 16.1 Å². The number of halogens is 1. The average Bonchev–Trinajstić information content (AvgIpc) is 2.71. The number of hydrogen-bond acceptors (Lipinski definition) is 6. The summed E-state index contributed by atoms with van der Waals surface area (Å²) in [7, 11) is -2.09. The fourth-order valence-electron chi connectivity index (χ4n) is 2.10. The van der Waals surface area contributed by atoms with E-state index in [1.54, 1.807) is 19.1 Å². The van der Waals surface area contributed by atoms with Crippen molar-refractivity contribution in [2.75, 3.05) is 13.4 Å². The van der Waals surface area contributed by atoms with Gasteiger partial charge in [-0.05, 0) is 23.1 Å². The third-order valence-electron chi connectivity index (χ3n) is 3.03. The van der Waals surface area contributed by atoms with Crippen molar-refractivity contribution in [2.24, 2.45) is 0 Å². The highest BCUT2D eigenvalue weighted by molar-refractivity contribution is 9.07. The molecule has 1 atom stereocenters. The number of benzene rings is 1. The monoisotopic (exact) mass is 375 g/mol. The number of Topliss-reactive ketones (excluding diaryl/α,β-unsaturated/α-hetero) is 1. The summed E-state index contributed by atoms with van der Waals surface area (Å²) in [5.41, 5.74) is 0.355. The van der Waals surface area contributed by atoms with Crippen LogP contribution in [0, 0.1) is 0 Å². The molecule has 0 bridgehead atoms. The maximum atomic E-state index is 12.7. The SMILES string of the molecule is COC1C(C(=O)c2ccccc2S(C)(=O)=O)=C(C)ON1Br. The molecule has 0 aliphatic carbocycles. The van der Waals surface area contributed by atoms with E-state index in [1.165, 1.54) is 23.3 Å². The maximum absolute atomic E-state index is 12.7. The topological polar surface area (TPSA) is 72.9 Å². The molecule has 114 valence electrons. The van der Waals surface area contributed by atoms with Crippen molar-refractivity contribution >= 4 is 31.8 Å². The molecule has 8 heteroatoms. The minimum Gasteiger partial charge on any atom is -0.396 e. The molecule has 0 radical (unpaired) electrons. The number of allylic oxidation sites excluding steroid dienone is 1. The van der Waals surface area contributed by atoms with Crippen molar-refractivity contribution in [3.63, 3.8) is 0 Å². The van der Waals surface area contributed by atoms with Crippen molar-refractivity contribution in [2.45, 2.75) is 18.0 Å². The lowest BCUT2D eigenvalue weighted by molar-refractivity contribution is -0.0937. The van der Waals surface area contributed by atoms with Gasteiger partial charge in [-0.3, -0.25) is 4.79 Å². The van der Waals surface area contributed by atoms with Crippen LogP contribution in [0.1, 0.15) is 17.3 Å². The first-order valence-electron chi connectivity index (χ1n) is 5.97. The smallest absolute Gasteiger partial charge is 0.197 e. The van der Waals surface area contributed by atoms with Crippen LogP contribution >= 0.6 is 16.1 Å². The molecule has 1 unspecified atom stereocenters. The zero-order valence-corrected chi connectivity index (χ0v) is 14.1. The Hall–Kier alpha value is -1.22. The van der Waals surface area contributed by atoms with Gasteiger partial charge in [0.25, 0.3) is 0 Å². The van der Waals surface area contributed by atoms with Crippen molar-refractivity contribution < 1.29 is 22.8 Å². The molecule has 0 N–H and O–H groups in total. The number of rotatable bonds is 4. The number of ether oxygens (including phenoxy) is 1. The summed E-state index contributed by atoms with van der Waals surface area (Å²) in [5.74, 6) is -0.0886. The average molecular weight is 376 g/mol. The second kappa shape index (κ2) is 5.88. The zero-order chi connectivity index (χ0) is 15.8. The highest BCUT2D eigenvalue weighted by atomic mass is 79.9. The first-order valence-corrected chi connectivity index (χ1v) is 8.57. The van der Waals surface area contributed by atoms with Crippen LogP contribution in [0.25, 0.3) is 0 Å². The van der Waals surface area contributed by atoms with Gasteiger partial charge < -0.3 is 9.57 Å². The van der Waals surface area contributed by atoms with Crippen molar-refractivity contribution in [3.8, 4) is 0 Å². The predicted octanol–water partition coefficient (Wildman–Crippen LogP) is 2.08. The summed E-state index contributed by atoms with van der Waals surface area (Å²) in [4.78, 5) is 18.0. The molecule has 21 heavy (non-hydrogen) atoms. The second-order valence-electron chi connectivity index (χ2n) is 4.52. The number of hydrogen-bond donors (Lipinski definition) is 0.